The number of hydrogen-bond acceptors (Lipinski definition) is 2. The van der Waals surface area contributed by atoms with E-state index in [9.17, 15) is 8.42 Å². The lowest BCUT2D eigenvalue weighted by molar-refractivity contribution is 0.601. The normalized spacial score (nSPS) is 10.5. The summed E-state index contributed by atoms with van der Waals surface area (Å²) < 4.78 is 26.2. The molecule has 0 fully saturated rings. The fraction of sp³-hybridized carbons (Fsp3) is 0. The molecule has 0 saturated carbocycles. The quantitative estimate of drug-likeness (QED) is 0.879. The van der Waals surface area contributed by atoms with Gasteiger partial charge in [-0.2, -0.15) is 0 Å². The zero-order chi connectivity index (χ0) is 11.4. The van der Waals surface area contributed by atoms with Crippen molar-refractivity contribution in [2.75, 3.05) is 4.72 Å². The summed E-state index contributed by atoms with van der Waals surface area (Å²) in [5.41, 5.74) is 0.475. The van der Waals surface area contributed by atoms with Gasteiger partial charge in [0, 0.05) is 6.07 Å². The summed E-state index contributed by atoms with van der Waals surface area (Å²) in [4.78, 5) is 0.239. The van der Waals surface area contributed by atoms with E-state index in [-0.39, 0.29) is 4.90 Å². The monoisotopic (exact) mass is 231 g/mol. The molecule has 0 bridgehead atoms. The smallest absolute Gasteiger partial charge is 0.261 e. The third-order valence-electron chi connectivity index (χ3n) is 1.96. The lowest BCUT2D eigenvalue weighted by Crippen LogP contribution is -2.12. The molecular formula is C12H9NO2S. The average molecular weight is 231 g/mol. The molecule has 4 heteroatoms. The number of anilines is 1. The largest absolute Gasteiger partial charge is 0.279 e. The van der Waals surface area contributed by atoms with Crippen LogP contribution in [0.4, 0.5) is 5.69 Å². The standard InChI is InChI=1S/C12H9NO2S/c14-16(15,12-9-5-2-6-10-12)13-11-7-3-1-4-8-11/h2-3,5-10,13H. The predicted octanol–water partition coefficient (Wildman–Crippen LogP) is 2.09. The Kier molecular flexibility index (Phi) is 2.80. The van der Waals surface area contributed by atoms with Crippen molar-refractivity contribution < 1.29 is 8.42 Å². The Morgan fingerprint density at radius 1 is 1.00 bits per heavy atom. The van der Waals surface area contributed by atoms with Crippen LogP contribution in [0.1, 0.15) is 0 Å². The lowest BCUT2D eigenvalue weighted by Gasteiger charge is -2.06. The van der Waals surface area contributed by atoms with Crippen LogP contribution in [-0.2, 0) is 10.0 Å². The second kappa shape index (κ2) is 4.25. The highest BCUT2D eigenvalue weighted by Gasteiger charge is 2.12. The maximum absolute atomic E-state index is 11.9. The van der Waals surface area contributed by atoms with Gasteiger partial charge >= 0.3 is 0 Å². The molecule has 0 heterocycles. The van der Waals surface area contributed by atoms with Crippen molar-refractivity contribution in [1.82, 2.24) is 0 Å². The van der Waals surface area contributed by atoms with Crippen LogP contribution in [0, 0.1) is 12.1 Å². The summed E-state index contributed by atoms with van der Waals surface area (Å²) >= 11 is 0. The van der Waals surface area contributed by atoms with Crippen molar-refractivity contribution in [3.8, 4) is 0 Å². The van der Waals surface area contributed by atoms with Crippen molar-refractivity contribution in [2.45, 2.75) is 4.90 Å². The molecular weight excluding hydrogens is 222 g/mol. The van der Waals surface area contributed by atoms with Crippen LogP contribution in [0.2, 0.25) is 0 Å². The Balaban J connectivity index is 2.29. The molecule has 3 nitrogen and oxygen atoms in total. The Hall–Kier alpha value is -1.99. The van der Waals surface area contributed by atoms with Crippen LogP contribution in [-0.4, -0.2) is 8.42 Å². The summed E-state index contributed by atoms with van der Waals surface area (Å²) in [6.07, 6.45) is 0. The molecule has 0 atom stereocenters. The summed E-state index contributed by atoms with van der Waals surface area (Å²) in [6.45, 7) is 0. The zero-order valence-corrected chi connectivity index (χ0v) is 9.16. The third-order valence-corrected chi connectivity index (χ3v) is 3.36. The van der Waals surface area contributed by atoms with Crippen LogP contribution in [0.3, 0.4) is 0 Å². The fourth-order valence-corrected chi connectivity index (χ4v) is 2.29. The first-order valence-electron chi connectivity index (χ1n) is 4.64. The van der Waals surface area contributed by atoms with Crippen LogP contribution in [0.25, 0.3) is 0 Å². The van der Waals surface area contributed by atoms with Gasteiger partial charge in [0.2, 0.25) is 0 Å². The van der Waals surface area contributed by atoms with Gasteiger partial charge in [-0.25, -0.2) is 8.42 Å². The molecule has 0 saturated heterocycles. The van der Waals surface area contributed by atoms with E-state index in [0.717, 1.165) is 0 Å². The van der Waals surface area contributed by atoms with Crippen molar-refractivity contribution >= 4 is 15.7 Å². The topological polar surface area (TPSA) is 46.2 Å². The van der Waals surface area contributed by atoms with Gasteiger partial charge in [0.05, 0.1) is 10.6 Å². The third kappa shape index (κ3) is 2.33. The van der Waals surface area contributed by atoms with E-state index < -0.39 is 10.0 Å². The van der Waals surface area contributed by atoms with Gasteiger partial charge in [-0.15, -0.1) is 0 Å². The Morgan fingerprint density at radius 2 is 1.75 bits per heavy atom. The minimum atomic E-state index is -3.50. The van der Waals surface area contributed by atoms with Crippen LogP contribution in [0.15, 0.2) is 53.4 Å². The zero-order valence-electron chi connectivity index (χ0n) is 8.34. The number of nitrogens with one attached hydrogen (secondary N) is 1. The van der Waals surface area contributed by atoms with Gasteiger partial charge in [0.1, 0.15) is 0 Å². The van der Waals surface area contributed by atoms with E-state index in [2.05, 4.69) is 16.9 Å². The molecule has 0 aliphatic rings. The van der Waals surface area contributed by atoms with Gasteiger partial charge < -0.3 is 0 Å². The second-order valence-corrected chi connectivity index (χ2v) is 4.82. The van der Waals surface area contributed by atoms with Crippen molar-refractivity contribution in [1.29, 1.82) is 0 Å². The molecule has 80 valence electrons. The number of sulfonamides is 1. The molecule has 0 amide bonds. The molecule has 0 radical (unpaired) electrons. The predicted molar refractivity (Wildman–Crippen MR) is 61.4 cm³/mol. The first-order valence-corrected chi connectivity index (χ1v) is 6.12. The second-order valence-electron chi connectivity index (χ2n) is 3.14. The van der Waals surface area contributed by atoms with Crippen molar-refractivity contribution in [3.05, 3.63) is 60.7 Å². The Bertz CT molecular complexity index is 550. The molecule has 0 aromatic heterocycles. The fourth-order valence-electron chi connectivity index (χ4n) is 1.22. The molecule has 2 rings (SSSR count). The maximum Gasteiger partial charge on any atom is 0.261 e. The van der Waals surface area contributed by atoms with Crippen molar-refractivity contribution in [3.63, 3.8) is 0 Å². The minimum Gasteiger partial charge on any atom is -0.279 e. The lowest BCUT2D eigenvalue weighted by atomic mass is 10.4. The summed E-state index contributed by atoms with van der Waals surface area (Å²) in [5.74, 6) is 0. The number of hydrogen-bond donors (Lipinski definition) is 1. The van der Waals surface area contributed by atoms with Gasteiger partial charge in [0.15, 0.2) is 0 Å². The molecule has 16 heavy (non-hydrogen) atoms. The summed E-state index contributed by atoms with van der Waals surface area (Å²) in [5, 5.41) is 0. The number of benzene rings is 1. The van der Waals surface area contributed by atoms with E-state index in [1.807, 2.05) is 0 Å². The molecule has 0 unspecified atom stereocenters. The highest BCUT2D eigenvalue weighted by Crippen LogP contribution is 2.13. The highest BCUT2D eigenvalue weighted by molar-refractivity contribution is 7.92. The highest BCUT2D eigenvalue weighted by atomic mass is 32.2. The Morgan fingerprint density at radius 3 is 2.38 bits per heavy atom. The first-order chi connectivity index (χ1) is 7.68. The molecule has 2 aromatic carbocycles. The SMILES string of the molecule is O=S(=O)(Nc1cc#ccc1)c1ccccc1. The molecule has 0 spiro atoms. The Labute approximate surface area is 94.8 Å². The number of rotatable bonds is 3. The van der Waals surface area contributed by atoms with Gasteiger partial charge in [-0.1, -0.05) is 30.3 Å². The van der Waals surface area contributed by atoms with Crippen molar-refractivity contribution in [2.24, 2.45) is 0 Å². The molecule has 0 aliphatic carbocycles. The van der Waals surface area contributed by atoms with Gasteiger partial charge in [-0.05, 0) is 24.3 Å². The average Bonchev–Trinajstić information content (AvgIpc) is 2.31. The van der Waals surface area contributed by atoms with E-state index in [0.29, 0.717) is 5.69 Å². The van der Waals surface area contributed by atoms with E-state index in [1.165, 1.54) is 6.07 Å². The molecule has 2 aromatic rings. The van der Waals surface area contributed by atoms with E-state index in [4.69, 9.17) is 0 Å². The van der Waals surface area contributed by atoms with Crippen LogP contribution in [0.5, 0.6) is 0 Å². The van der Waals surface area contributed by atoms with Gasteiger partial charge in [-0.3, -0.25) is 4.72 Å². The molecule has 0 aliphatic heterocycles. The summed E-state index contributed by atoms with van der Waals surface area (Å²) in [6, 6.07) is 18.3. The minimum absolute atomic E-state index is 0.239. The first kappa shape index (κ1) is 10.5. The van der Waals surface area contributed by atoms with Crippen LogP contribution < -0.4 is 4.72 Å². The summed E-state index contributed by atoms with van der Waals surface area (Å²) in [7, 11) is -3.50. The molecule has 1 N–H and O–H groups in total. The van der Waals surface area contributed by atoms with Crippen LogP contribution >= 0.6 is 0 Å². The van der Waals surface area contributed by atoms with Gasteiger partial charge in [0.25, 0.3) is 10.0 Å². The van der Waals surface area contributed by atoms with E-state index in [1.54, 1.807) is 42.5 Å². The maximum atomic E-state index is 11.9. The van der Waals surface area contributed by atoms with E-state index >= 15 is 0 Å².